The first kappa shape index (κ1) is 28.1. The van der Waals surface area contributed by atoms with Crippen molar-refractivity contribution >= 4 is 23.7 Å². The molecule has 0 saturated carbocycles. The number of hydrogen-bond donors (Lipinski definition) is 1. The van der Waals surface area contributed by atoms with Crippen LogP contribution in [-0.4, -0.2) is 56.6 Å². The van der Waals surface area contributed by atoms with Crippen LogP contribution in [0.1, 0.15) is 43.2 Å². The molecule has 33 heavy (non-hydrogen) atoms. The highest BCUT2D eigenvalue weighted by molar-refractivity contribution is 5.86. The molecule has 182 valence electrons. The van der Waals surface area contributed by atoms with Gasteiger partial charge in [-0.1, -0.05) is 13.8 Å². The van der Waals surface area contributed by atoms with E-state index in [9.17, 15) is 4.79 Å². The predicted molar refractivity (Wildman–Crippen MR) is 140 cm³/mol. The van der Waals surface area contributed by atoms with E-state index in [0.717, 1.165) is 29.1 Å². The fourth-order valence-electron chi connectivity index (χ4n) is 3.25. The predicted octanol–water partition coefficient (Wildman–Crippen LogP) is 4.41. The maximum atomic E-state index is 13.4. The molecule has 2 rings (SSSR count). The van der Waals surface area contributed by atoms with E-state index in [1.807, 2.05) is 79.2 Å². The number of aliphatic imine (C=N–C) groups is 1. The van der Waals surface area contributed by atoms with Crippen LogP contribution in [0, 0.1) is 13.8 Å². The fourth-order valence-corrected chi connectivity index (χ4v) is 3.25. The monoisotopic (exact) mass is 456 g/mol. The van der Waals surface area contributed by atoms with Crippen molar-refractivity contribution in [2.45, 2.75) is 47.3 Å². The van der Waals surface area contributed by atoms with E-state index < -0.39 is 0 Å². The summed E-state index contributed by atoms with van der Waals surface area (Å²) in [5.41, 5.74) is 10.4. The Kier molecular flexibility index (Phi) is 11.6. The zero-order valence-corrected chi connectivity index (χ0v) is 21.6. The van der Waals surface area contributed by atoms with Gasteiger partial charge in [0.2, 0.25) is 0 Å². The number of nitrogens with zero attached hydrogens (tertiary/aromatic N) is 3. The van der Waals surface area contributed by atoms with Crippen LogP contribution < -0.4 is 11.3 Å². The maximum absolute atomic E-state index is 13.4. The molecule has 2 N–H and O–H groups in total. The smallest absolute Gasteiger partial charge is 0.258 e. The molecule has 7 nitrogen and oxygen atoms in total. The van der Waals surface area contributed by atoms with Gasteiger partial charge in [-0.15, -0.1) is 0 Å². The highest BCUT2D eigenvalue weighted by Crippen LogP contribution is 2.20. The van der Waals surface area contributed by atoms with Crippen LogP contribution in [0.25, 0.3) is 6.08 Å². The Morgan fingerprint density at radius 2 is 1.76 bits per heavy atom. The molecule has 0 amide bonds. The van der Waals surface area contributed by atoms with Crippen molar-refractivity contribution in [2.24, 2.45) is 4.99 Å². The van der Waals surface area contributed by atoms with Crippen LogP contribution in [0.4, 0.5) is 11.4 Å². The number of rotatable bonds is 9. The van der Waals surface area contributed by atoms with Crippen LogP contribution in [0.15, 0.2) is 39.8 Å². The van der Waals surface area contributed by atoms with Gasteiger partial charge < -0.3 is 24.7 Å². The largest absolute Gasteiger partial charge is 0.498 e. The third-order valence-corrected chi connectivity index (χ3v) is 5.36. The molecule has 2 aromatic rings. The molecule has 0 bridgehead atoms. The van der Waals surface area contributed by atoms with Crippen molar-refractivity contribution in [3.63, 3.8) is 0 Å². The average Bonchev–Trinajstić information content (AvgIpc) is 2.80. The summed E-state index contributed by atoms with van der Waals surface area (Å²) in [5, 5.41) is 0. The normalized spacial score (nSPS) is 12.6. The average molecular weight is 457 g/mol. The number of aromatic nitrogens is 1. The second kappa shape index (κ2) is 13.6. The SMILES string of the molecule is CC.CO/C(=C/c1c(C)c(C=Nc2ccc(N)cc2)c(C)n(CCN(C)C)c1=O)C(C)OC. The number of nitrogens with two attached hydrogens (primary N) is 1. The molecular weight excluding hydrogens is 416 g/mol. The fraction of sp³-hybridized carbons (Fsp3) is 0.462. The lowest BCUT2D eigenvalue weighted by Gasteiger charge is -2.20. The van der Waals surface area contributed by atoms with Crippen molar-refractivity contribution in [1.29, 1.82) is 0 Å². The zero-order chi connectivity index (χ0) is 25.1. The molecule has 7 heteroatoms. The summed E-state index contributed by atoms with van der Waals surface area (Å²) in [4.78, 5) is 20.1. The second-order valence-corrected chi connectivity index (χ2v) is 7.78. The molecule has 0 spiro atoms. The summed E-state index contributed by atoms with van der Waals surface area (Å²) in [6.07, 6.45) is 3.32. The van der Waals surface area contributed by atoms with E-state index in [-0.39, 0.29) is 11.7 Å². The Hall–Kier alpha value is -2.90. The summed E-state index contributed by atoms with van der Waals surface area (Å²) < 4.78 is 12.7. The van der Waals surface area contributed by atoms with Crippen LogP contribution >= 0.6 is 0 Å². The maximum Gasteiger partial charge on any atom is 0.258 e. The first-order valence-electron chi connectivity index (χ1n) is 11.3. The van der Waals surface area contributed by atoms with Crippen molar-refractivity contribution in [1.82, 2.24) is 9.47 Å². The van der Waals surface area contributed by atoms with Crippen LogP contribution in [0.3, 0.4) is 0 Å². The first-order chi connectivity index (χ1) is 15.7. The lowest BCUT2D eigenvalue weighted by atomic mass is 10.0. The highest BCUT2D eigenvalue weighted by Gasteiger charge is 2.17. The first-order valence-corrected chi connectivity index (χ1v) is 11.3. The van der Waals surface area contributed by atoms with Gasteiger partial charge in [0.15, 0.2) is 0 Å². The lowest BCUT2D eigenvalue weighted by molar-refractivity contribution is 0.0937. The molecule has 0 aliphatic heterocycles. The summed E-state index contributed by atoms with van der Waals surface area (Å²) >= 11 is 0. The Morgan fingerprint density at radius 3 is 2.27 bits per heavy atom. The quantitative estimate of drug-likeness (QED) is 0.343. The van der Waals surface area contributed by atoms with E-state index >= 15 is 0 Å². The van der Waals surface area contributed by atoms with E-state index in [2.05, 4.69) is 9.89 Å². The molecular formula is C26H40N4O3. The van der Waals surface area contributed by atoms with E-state index in [1.54, 1.807) is 24.9 Å². The van der Waals surface area contributed by atoms with Gasteiger partial charge in [-0.2, -0.15) is 0 Å². The van der Waals surface area contributed by atoms with Crippen LogP contribution in [0.5, 0.6) is 0 Å². The van der Waals surface area contributed by atoms with Gasteiger partial charge in [0.25, 0.3) is 5.56 Å². The number of nitrogen functional groups attached to an aromatic ring is 1. The zero-order valence-electron chi connectivity index (χ0n) is 21.6. The Labute approximate surface area is 198 Å². The molecule has 0 radical (unpaired) electrons. The van der Waals surface area contributed by atoms with Crippen LogP contribution in [-0.2, 0) is 16.0 Å². The standard InChI is InChI=1S/C24H34N4O3.C2H6/c1-16-21(14-23(31-7)18(3)30-6)24(29)28(13-12-27(4)5)17(2)22(16)15-26-20-10-8-19(25)9-11-20;1-2/h8-11,14-15,18H,12-13,25H2,1-7H3;1-2H3/b23-14+,26-15?;. The summed E-state index contributed by atoms with van der Waals surface area (Å²) in [6.45, 7) is 11.1. The van der Waals surface area contributed by atoms with Gasteiger partial charge in [0.1, 0.15) is 11.9 Å². The highest BCUT2D eigenvalue weighted by atomic mass is 16.5. The van der Waals surface area contributed by atoms with Gasteiger partial charge in [0, 0.05) is 48.9 Å². The number of hydrogen-bond acceptors (Lipinski definition) is 6. The van der Waals surface area contributed by atoms with Crippen molar-refractivity contribution in [3.8, 4) is 0 Å². The summed E-state index contributed by atoms with van der Waals surface area (Å²) in [6, 6.07) is 7.36. The minimum absolute atomic E-state index is 0.0562. The van der Waals surface area contributed by atoms with Gasteiger partial charge in [-0.05, 0) is 70.8 Å². The summed E-state index contributed by atoms with van der Waals surface area (Å²) in [5.74, 6) is 0.590. The third kappa shape index (κ3) is 7.58. The van der Waals surface area contributed by atoms with Gasteiger partial charge >= 0.3 is 0 Å². The van der Waals surface area contributed by atoms with Crippen molar-refractivity contribution in [2.75, 3.05) is 40.6 Å². The number of likely N-dealkylation sites (N-methyl/N-ethyl adjacent to an activating group) is 1. The molecule has 0 aliphatic rings. The van der Waals surface area contributed by atoms with Gasteiger partial charge in [0.05, 0.1) is 12.8 Å². The Balaban J connectivity index is 0.00000265. The number of benzene rings is 1. The minimum atomic E-state index is -0.271. The molecule has 1 aromatic carbocycles. The molecule has 1 atom stereocenters. The van der Waals surface area contributed by atoms with Crippen molar-refractivity contribution < 1.29 is 9.47 Å². The summed E-state index contributed by atoms with van der Waals surface area (Å²) in [7, 11) is 7.17. The molecule has 0 saturated heterocycles. The topological polar surface area (TPSA) is 82.1 Å². The van der Waals surface area contributed by atoms with E-state index in [0.29, 0.717) is 23.6 Å². The number of ether oxygens (including phenoxy) is 2. The number of pyridine rings is 1. The van der Waals surface area contributed by atoms with Crippen LogP contribution in [0.2, 0.25) is 0 Å². The van der Waals surface area contributed by atoms with Gasteiger partial charge in [-0.3, -0.25) is 9.79 Å². The minimum Gasteiger partial charge on any atom is -0.498 e. The molecule has 0 aliphatic carbocycles. The van der Waals surface area contributed by atoms with E-state index in [4.69, 9.17) is 15.2 Å². The number of methoxy groups -OCH3 is 2. The van der Waals surface area contributed by atoms with E-state index in [1.165, 1.54) is 0 Å². The van der Waals surface area contributed by atoms with Gasteiger partial charge in [-0.25, -0.2) is 0 Å². The second-order valence-electron chi connectivity index (χ2n) is 7.78. The number of anilines is 1. The lowest BCUT2D eigenvalue weighted by Crippen LogP contribution is -2.31. The Morgan fingerprint density at radius 1 is 1.15 bits per heavy atom. The molecule has 1 heterocycles. The Bertz CT molecular complexity index is 1010. The molecule has 1 unspecified atom stereocenters. The van der Waals surface area contributed by atoms with Crippen molar-refractivity contribution in [3.05, 3.63) is 62.8 Å². The molecule has 1 aromatic heterocycles. The molecule has 0 fully saturated rings. The third-order valence-electron chi connectivity index (χ3n) is 5.36.